The highest BCUT2D eigenvalue weighted by atomic mass is 16.5. The molecule has 0 aliphatic heterocycles. The SMILES string of the molecule is COc1ccccc1NC(=O)c1noc(C)c1COc1cccc(C)c1. The van der Waals surface area contributed by atoms with Crippen molar-refractivity contribution in [2.45, 2.75) is 20.5 Å². The van der Waals surface area contributed by atoms with E-state index < -0.39 is 0 Å². The highest BCUT2D eigenvalue weighted by Gasteiger charge is 2.21. The standard InChI is InChI=1S/C20H20N2O4/c1-13-7-6-8-15(11-13)25-12-16-14(2)26-22-19(16)20(23)21-17-9-4-5-10-18(17)24-3/h4-11H,12H2,1-3H3,(H,21,23). The van der Waals surface area contributed by atoms with Gasteiger partial charge in [-0.2, -0.15) is 0 Å². The van der Waals surface area contributed by atoms with Crippen molar-refractivity contribution in [1.29, 1.82) is 0 Å². The summed E-state index contributed by atoms with van der Waals surface area (Å²) in [6.07, 6.45) is 0. The van der Waals surface area contributed by atoms with E-state index in [0.29, 0.717) is 22.8 Å². The molecule has 1 N–H and O–H groups in total. The second-order valence-corrected chi connectivity index (χ2v) is 5.83. The number of aromatic nitrogens is 1. The number of para-hydroxylation sites is 2. The van der Waals surface area contributed by atoms with Crippen molar-refractivity contribution in [2.24, 2.45) is 0 Å². The third-order valence-corrected chi connectivity index (χ3v) is 3.93. The molecule has 0 aliphatic rings. The summed E-state index contributed by atoms with van der Waals surface area (Å²) in [5.74, 6) is 1.46. The van der Waals surface area contributed by atoms with E-state index in [4.69, 9.17) is 14.0 Å². The Morgan fingerprint density at radius 1 is 1.15 bits per heavy atom. The molecule has 1 amide bonds. The van der Waals surface area contributed by atoms with Crippen molar-refractivity contribution < 1.29 is 18.8 Å². The van der Waals surface area contributed by atoms with Crippen LogP contribution in [0.15, 0.2) is 53.1 Å². The number of nitrogens with one attached hydrogen (secondary N) is 1. The zero-order valence-corrected chi connectivity index (χ0v) is 14.9. The molecular weight excluding hydrogens is 332 g/mol. The zero-order chi connectivity index (χ0) is 18.5. The molecule has 26 heavy (non-hydrogen) atoms. The number of carbonyl (C=O) groups is 1. The van der Waals surface area contributed by atoms with Crippen LogP contribution in [0, 0.1) is 13.8 Å². The van der Waals surface area contributed by atoms with Gasteiger partial charge in [-0.15, -0.1) is 0 Å². The largest absolute Gasteiger partial charge is 0.495 e. The van der Waals surface area contributed by atoms with Crippen LogP contribution in [0.3, 0.4) is 0 Å². The predicted octanol–water partition coefficient (Wildman–Crippen LogP) is 4.13. The van der Waals surface area contributed by atoms with Crippen molar-refractivity contribution in [2.75, 3.05) is 12.4 Å². The molecule has 1 heterocycles. The summed E-state index contributed by atoms with van der Waals surface area (Å²) in [6.45, 7) is 3.93. The summed E-state index contributed by atoms with van der Waals surface area (Å²) in [5.41, 5.74) is 2.46. The number of aryl methyl sites for hydroxylation is 2. The van der Waals surface area contributed by atoms with Crippen LogP contribution in [0.1, 0.15) is 27.4 Å². The maximum Gasteiger partial charge on any atom is 0.278 e. The van der Waals surface area contributed by atoms with Gasteiger partial charge in [-0.1, -0.05) is 29.4 Å². The number of ether oxygens (including phenoxy) is 2. The molecule has 0 saturated carbocycles. The Labute approximate surface area is 151 Å². The second kappa shape index (κ2) is 7.74. The van der Waals surface area contributed by atoms with E-state index >= 15 is 0 Å². The normalized spacial score (nSPS) is 10.4. The number of anilines is 1. The number of rotatable bonds is 6. The quantitative estimate of drug-likeness (QED) is 0.722. The van der Waals surface area contributed by atoms with Crippen molar-refractivity contribution in [1.82, 2.24) is 5.16 Å². The van der Waals surface area contributed by atoms with Crippen molar-refractivity contribution >= 4 is 11.6 Å². The Hall–Kier alpha value is -3.28. The van der Waals surface area contributed by atoms with Crippen molar-refractivity contribution in [3.8, 4) is 11.5 Å². The van der Waals surface area contributed by atoms with Gasteiger partial charge in [0.1, 0.15) is 23.9 Å². The fourth-order valence-corrected chi connectivity index (χ4v) is 2.53. The number of carbonyl (C=O) groups excluding carboxylic acids is 1. The first kappa shape index (κ1) is 17.5. The molecule has 6 heteroatoms. The first-order chi connectivity index (χ1) is 12.6. The number of nitrogens with zero attached hydrogens (tertiary/aromatic N) is 1. The minimum absolute atomic E-state index is 0.188. The molecule has 2 aromatic carbocycles. The summed E-state index contributed by atoms with van der Waals surface area (Å²) in [5, 5.41) is 6.69. The first-order valence-electron chi connectivity index (χ1n) is 8.17. The lowest BCUT2D eigenvalue weighted by Crippen LogP contribution is -2.16. The Bertz CT molecular complexity index is 918. The van der Waals surface area contributed by atoms with Gasteiger partial charge in [0, 0.05) is 0 Å². The van der Waals surface area contributed by atoms with Crippen LogP contribution >= 0.6 is 0 Å². The van der Waals surface area contributed by atoms with Gasteiger partial charge < -0.3 is 19.3 Å². The van der Waals surface area contributed by atoms with Crippen LogP contribution in [0.4, 0.5) is 5.69 Å². The number of hydrogen-bond donors (Lipinski definition) is 1. The van der Waals surface area contributed by atoms with E-state index in [1.807, 2.05) is 43.3 Å². The van der Waals surface area contributed by atoms with Crippen molar-refractivity contribution in [3.63, 3.8) is 0 Å². The van der Waals surface area contributed by atoms with Gasteiger partial charge in [0.25, 0.3) is 5.91 Å². The number of methoxy groups -OCH3 is 1. The van der Waals surface area contributed by atoms with Crippen molar-refractivity contribution in [3.05, 3.63) is 71.1 Å². The Balaban J connectivity index is 1.77. The van der Waals surface area contributed by atoms with Crippen LogP contribution in [0.25, 0.3) is 0 Å². The summed E-state index contributed by atoms with van der Waals surface area (Å²) in [4.78, 5) is 12.6. The first-order valence-corrected chi connectivity index (χ1v) is 8.17. The molecular formula is C20H20N2O4. The zero-order valence-electron chi connectivity index (χ0n) is 14.9. The Morgan fingerprint density at radius 2 is 1.96 bits per heavy atom. The number of benzene rings is 2. The van der Waals surface area contributed by atoms with E-state index in [0.717, 1.165) is 11.3 Å². The van der Waals surface area contributed by atoms with Crippen LogP contribution in [0.2, 0.25) is 0 Å². The van der Waals surface area contributed by atoms with Gasteiger partial charge in [-0.3, -0.25) is 4.79 Å². The fourth-order valence-electron chi connectivity index (χ4n) is 2.53. The topological polar surface area (TPSA) is 73.6 Å². The van der Waals surface area contributed by atoms with Crippen LogP contribution in [0.5, 0.6) is 11.5 Å². The molecule has 0 atom stereocenters. The summed E-state index contributed by atoms with van der Waals surface area (Å²) in [6, 6.07) is 14.9. The predicted molar refractivity (Wildman–Crippen MR) is 97.7 cm³/mol. The molecule has 0 saturated heterocycles. The average molecular weight is 352 g/mol. The minimum atomic E-state index is -0.380. The lowest BCUT2D eigenvalue weighted by molar-refractivity contribution is 0.101. The molecule has 0 fully saturated rings. The van der Waals surface area contributed by atoms with Gasteiger partial charge in [-0.05, 0) is 43.7 Å². The van der Waals surface area contributed by atoms with E-state index in [1.165, 1.54) is 0 Å². The highest BCUT2D eigenvalue weighted by molar-refractivity contribution is 6.04. The maximum absolute atomic E-state index is 12.6. The molecule has 6 nitrogen and oxygen atoms in total. The Morgan fingerprint density at radius 3 is 2.73 bits per heavy atom. The van der Waals surface area contributed by atoms with Gasteiger partial charge in [-0.25, -0.2) is 0 Å². The van der Waals surface area contributed by atoms with Crippen LogP contribution in [-0.4, -0.2) is 18.2 Å². The molecule has 0 bridgehead atoms. The van der Waals surface area contributed by atoms with E-state index in [1.54, 1.807) is 26.2 Å². The third kappa shape index (κ3) is 3.85. The number of amides is 1. The second-order valence-electron chi connectivity index (χ2n) is 5.83. The van der Waals surface area contributed by atoms with E-state index in [-0.39, 0.29) is 18.2 Å². The molecule has 134 valence electrons. The molecule has 0 unspecified atom stereocenters. The monoisotopic (exact) mass is 352 g/mol. The smallest absolute Gasteiger partial charge is 0.278 e. The number of hydrogen-bond acceptors (Lipinski definition) is 5. The van der Waals surface area contributed by atoms with Gasteiger partial charge in [0.05, 0.1) is 18.4 Å². The molecule has 0 aliphatic carbocycles. The summed E-state index contributed by atoms with van der Waals surface area (Å²) >= 11 is 0. The average Bonchev–Trinajstić information content (AvgIpc) is 3.01. The van der Waals surface area contributed by atoms with Gasteiger partial charge >= 0.3 is 0 Å². The highest BCUT2D eigenvalue weighted by Crippen LogP contribution is 2.25. The lowest BCUT2D eigenvalue weighted by atomic mass is 10.2. The maximum atomic E-state index is 12.6. The molecule has 0 radical (unpaired) electrons. The molecule has 3 aromatic rings. The minimum Gasteiger partial charge on any atom is -0.495 e. The third-order valence-electron chi connectivity index (χ3n) is 3.93. The molecule has 0 spiro atoms. The Kier molecular flexibility index (Phi) is 5.22. The molecule has 3 rings (SSSR count). The summed E-state index contributed by atoms with van der Waals surface area (Å²) in [7, 11) is 1.55. The van der Waals surface area contributed by atoms with Crippen LogP contribution < -0.4 is 14.8 Å². The fraction of sp³-hybridized carbons (Fsp3) is 0.200. The molecule has 1 aromatic heterocycles. The van der Waals surface area contributed by atoms with Crippen LogP contribution in [-0.2, 0) is 6.61 Å². The summed E-state index contributed by atoms with van der Waals surface area (Å²) < 4.78 is 16.2. The van der Waals surface area contributed by atoms with E-state index in [9.17, 15) is 4.79 Å². The van der Waals surface area contributed by atoms with Gasteiger partial charge in [0.15, 0.2) is 5.69 Å². The van der Waals surface area contributed by atoms with E-state index in [2.05, 4.69) is 10.5 Å². The lowest BCUT2D eigenvalue weighted by Gasteiger charge is -2.10. The van der Waals surface area contributed by atoms with Gasteiger partial charge in [0.2, 0.25) is 0 Å².